The van der Waals surface area contributed by atoms with Crippen molar-refractivity contribution in [1.29, 1.82) is 0 Å². The Morgan fingerprint density at radius 3 is 2.26 bits per heavy atom. The lowest BCUT2D eigenvalue weighted by Gasteiger charge is -2.65. The molecular weight excluding hydrogens is 300 g/mol. The number of hydrogen-bond acceptors (Lipinski definition) is 2. The second-order valence-electron chi connectivity index (χ2n) is 7.28. The molecule has 0 atom stereocenters. The summed E-state index contributed by atoms with van der Waals surface area (Å²) in [6.07, 6.45) is 1.45. The Morgan fingerprint density at radius 2 is 1.70 bits per heavy atom. The number of amides is 2. The summed E-state index contributed by atoms with van der Waals surface area (Å²) in [5.41, 5.74) is -0.163. The second-order valence-corrected chi connectivity index (χ2v) is 7.28. The minimum absolute atomic E-state index is 0.0619. The SMILES string of the molecule is O=C(NC12CC(F)(C1)C2)N1CCN(Cc2ccc(F)cc2)CC1. The van der Waals surface area contributed by atoms with Gasteiger partial charge in [0.2, 0.25) is 0 Å². The maximum atomic E-state index is 13.5. The van der Waals surface area contributed by atoms with Crippen molar-refractivity contribution >= 4 is 6.03 Å². The molecule has 4 fully saturated rings. The molecule has 1 heterocycles. The standard InChI is InChI=1S/C17H21F2N3O/c18-14-3-1-13(2-4-14)9-21-5-7-22(8-6-21)15(23)20-17-10-16(19,11-17)12-17/h1-4H,5-12H2,(H,20,23). The summed E-state index contributed by atoms with van der Waals surface area (Å²) >= 11 is 0. The monoisotopic (exact) mass is 321 g/mol. The number of piperazine rings is 1. The minimum atomic E-state index is -0.985. The zero-order valence-corrected chi connectivity index (χ0v) is 13.0. The highest BCUT2D eigenvalue weighted by molar-refractivity contribution is 5.76. The van der Waals surface area contributed by atoms with Crippen LogP contribution in [0, 0.1) is 5.82 Å². The Labute approximate surface area is 134 Å². The van der Waals surface area contributed by atoms with Crippen LogP contribution in [0.1, 0.15) is 24.8 Å². The lowest BCUT2D eigenvalue weighted by atomic mass is 9.47. The van der Waals surface area contributed by atoms with E-state index in [-0.39, 0.29) is 17.4 Å². The number of rotatable bonds is 3. The molecule has 1 saturated heterocycles. The number of carbonyl (C=O) groups is 1. The lowest BCUT2D eigenvalue weighted by Crippen LogP contribution is -2.77. The van der Waals surface area contributed by atoms with Gasteiger partial charge in [-0.1, -0.05) is 12.1 Å². The van der Waals surface area contributed by atoms with Crippen LogP contribution in [0.2, 0.25) is 0 Å². The van der Waals surface area contributed by atoms with Crippen molar-refractivity contribution in [2.75, 3.05) is 26.2 Å². The molecule has 1 aliphatic heterocycles. The van der Waals surface area contributed by atoms with Crippen molar-refractivity contribution in [1.82, 2.24) is 15.1 Å². The molecule has 1 N–H and O–H groups in total. The Kier molecular flexibility index (Phi) is 3.34. The van der Waals surface area contributed by atoms with Gasteiger partial charge in [0.25, 0.3) is 0 Å². The average Bonchev–Trinajstić information content (AvgIpc) is 2.47. The second kappa shape index (κ2) is 5.16. The lowest BCUT2D eigenvalue weighted by molar-refractivity contribution is -0.163. The van der Waals surface area contributed by atoms with Gasteiger partial charge in [0.05, 0.1) is 5.54 Å². The molecule has 0 aromatic heterocycles. The van der Waals surface area contributed by atoms with E-state index in [2.05, 4.69) is 10.2 Å². The summed E-state index contributed by atoms with van der Waals surface area (Å²) in [6, 6.07) is 6.47. The molecule has 0 spiro atoms. The number of nitrogens with one attached hydrogen (secondary N) is 1. The number of urea groups is 1. The Hall–Kier alpha value is -1.69. The van der Waals surface area contributed by atoms with Crippen LogP contribution in [0.4, 0.5) is 13.6 Å². The summed E-state index contributed by atoms with van der Waals surface area (Å²) in [6.45, 7) is 3.70. The first-order valence-corrected chi connectivity index (χ1v) is 8.18. The number of hydrogen-bond donors (Lipinski definition) is 1. The molecule has 4 aliphatic rings. The van der Waals surface area contributed by atoms with Crippen LogP contribution in [0.5, 0.6) is 0 Å². The van der Waals surface area contributed by atoms with Crippen molar-refractivity contribution in [3.63, 3.8) is 0 Å². The number of benzene rings is 1. The van der Waals surface area contributed by atoms with E-state index >= 15 is 0 Å². The van der Waals surface area contributed by atoms with E-state index in [4.69, 9.17) is 0 Å². The fourth-order valence-corrected chi connectivity index (χ4v) is 4.06. The number of halogens is 2. The van der Waals surface area contributed by atoms with Crippen LogP contribution >= 0.6 is 0 Å². The van der Waals surface area contributed by atoms with E-state index in [0.29, 0.717) is 32.4 Å². The first kappa shape index (κ1) is 14.9. The third kappa shape index (κ3) is 2.80. The zero-order valence-electron chi connectivity index (χ0n) is 13.0. The summed E-state index contributed by atoms with van der Waals surface area (Å²) < 4.78 is 26.4. The van der Waals surface area contributed by atoms with E-state index in [1.807, 2.05) is 4.90 Å². The van der Waals surface area contributed by atoms with Crippen LogP contribution in [0.25, 0.3) is 0 Å². The number of alkyl halides is 1. The molecule has 5 rings (SSSR count). The molecule has 1 aromatic carbocycles. The van der Waals surface area contributed by atoms with Gasteiger partial charge < -0.3 is 10.2 Å². The average molecular weight is 321 g/mol. The van der Waals surface area contributed by atoms with Crippen LogP contribution in [-0.4, -0.2) is 53.2 Å². The van der Waals surface area contributed by atoms with Crippen molar-refractivity contribution in [3.8, 4) is 0 Å². The normalized spacial score (nSPS) is 32.9. The van der Waals surface area contributed by atoms with Gasteiger partial charge >= 0.3 is 6.03 Å². The molecule has 2 bridgehead atoms. The molecule has 0 radical (unpaired) electrons. The van der Waals surface area contributed by atoms with Gasteiger partial charge in [0.15, 0.2) is 0 Å². The van der Waals surface area contributed by atoms with E-state index in [9.17, 15) is 13.6 Å². The summed E-state index contributed by atoms with van der Waals surface area (Å²) in [5, 5.41) is 3.01. The van der Waals surface area contributed by atoms with Crippen LogP contribution in [-0.2, 0) is 6.54 Å². The molecule has 3 saturated carbocycles. The van der Waals surface area contributed by atoms with Gasteiger partial charge in [-0.05, 0) is 17.7 Å². The molecule has 4 nitrogen and oxygen atoms in total. The van der Waals surface area contributed by atoms with E-state index in [1.165, 1.54) is 12.1 Å². The van der Waals surface area contributed by atoms with Gasteiger partial charge in [0, 0.05) is 52.0 Å². The Morgan fingerprint density at radius 1 is 1.09 bits per heavy atom. The number of nitrogens with zero attached hydrogens (tertiary/aromatic N) is 2. The quantitative estimate of drug-likeness (QED) is 0.927. The molecule has 3 aliphatic carbocycles. The number of carbonyl (C=O) groups excluding carboxylic acids is 1. The summed E-state index contributed by atoms with van der Waals surface area (Å²) in [5.74, 6) is -0.223. The molecule has 23 heavy (non-hydrogen) atoms. The van der Waals surface area contributed by atoms with Crippen molar-refractivity contribution in [3.05, 3.63) is 35.6 Å². The van der Waals surface area contributed by atoms with E-state index < -0.39 is 5.67 Å². The molecule has 2 amide bonds. The van der Waals surface area contributed by atoms with Crippen LogP contribution < -0.4 is 5.32 Å². The largest absolute Gasteiger partial charge is 0.332 e. The predicted octanol–water partition coefficient (Wildman–Crippen LogP) is 2.30. The maximum absolute atomic E-state index is 13.5. The highest BCUT2D eigenvalue weighted by Crippen LogP contribution is 2.62. The van der Waals surface area contributed by atoms with Crippen LogP contribution in [0.3, 0.4) is 0 Å². The van der Waals surface area contributed by atoms with Crippen LogP contribution in [0.15, 0.2) is 24.3 Å². The predicted molar refractivity (Wildman–Crippen MR) is 82.2 cm³/mol. The van der Waals surface area contributed by atoms with Gasteiger partial charge in [0.1, 0.15) is 11.5 Å². The Balaban J connectivity index is 1.24. The van der Waals surface area contributed by atoms with Gasteiger partial charge in [-0.25, -0.2) is 13.6 Å². The van der Waals surface area contributed by atoms with Gasteiger partial charge in [-0.3, -0.25) is 4.90 Å². The molecule has 0 unspecified atom stereocenters. The third-order valence-electron chi connectivity index (χ3n) is 5.32. The third-order valence-corrected chi connectivity index (χ3v) is 5.32. The van der Waals surface area contributed by atoms with Crippen molar-refractivity contribution in [2.24, 2.45) is 0 Å². The highest BCUT2D eigenvalue weighted by Gasteiger charge is 2.70. The molecular formula is C17H21F2N3O. The van der Waals surface area contributed by atoms with E-state index in [1.54, 1.807) is 12.1 Å². The Bertz CT molecular complexity index is 591. The topological polar surface area (TPSA) is 35.6 Å². The van der Waals surface area contributed by atoms with Crippen molar-refractivity contribution < 1.29 is 13.6 Å². The smallest absolute Gasteiger partial charge is 0.317 e. The summed E-state index contributed by atoms with van der Waals surface area (Å²) in [7, 11) is 0. The zero-order chi connectivity index (χ0) is 16.1. The molecule has 1 aromatic rings. The van der Waals surface area contributed by atoms with Gasteiger partial charge in [-0.2, -0.15) is 0 Å². The maximum Gasteiger partial charge on any atom is 0.317 e. The first-order chi connectivity index (χ1) is 11.0. The van der Waals surface area contributed by atoms with Crippen molar-refractivity contribution in [2.45, 2.75) is 37.0 Å². The molecule has 124 valence electrons. The highest BCUT2D eigenvalue weighted by atomic mass is 19.1. The minimum Gasteiger partial charge on any atom is -0.332 e. The summed E-state index contributed by atoms with van der Waals surface area (Å²) in [4.78, 5) is 16.3. The first-order valence-electron chi connectivity index (χ1n) is 8.18. The van der Waals surface area contributed by atoms with E-state index in [0.717, 1.165) is 25.2 Å². The fourth-order valence-electron chi connectivity index (χ4n) is 4.06. The molecule has 6 heteroatoms. The van der Waals surface area contributed by atoms with Gasteiger partial charge in [-0.15, -0.1) is 0 Å². The fraction of sp³-hybridized carbons (Fsp3) is 0.588.